The van der Waals surface area contributed by atoms with Gasteiger partial charge in [0.15, 0.2) is 0 Å². The normalized spacial score (nSPS) is 17.4. The Labute approximate surface area is 124 Å². The Bertz CT molecular complexity index is 578. The summed E-state index contributed by atoms with van der Waals surface area (Å²) >= 11 is 0. The van der Waals surface area contributed by atoms with Crippen molar-refractivity contribution in [3.05, 3.63) is 71.5 Å². The fourth-order valence-electron chi connectivity index (χ4n) is 2.75. The van der Waals surface area contributed by atoms with Gasteiger partial charge in [0, 0.05) is 18.5 Å². The summed E-state index contributed by atoms with van der Waals surface area (Å²) in [5.74, 6) is -0.211. The summed E-state index contributed by atoms with van der Waals surface area (Å²) in [6, 6.07) is 16.4. The van der Waals surface area contributed by atoms with Crippen LogP contribution in [0, 0.1) is 11.2 Å². The van der Waals surface area contributed by atoms with Crippen molar-refractivity contribution in [2.75, 3.05) is 6.54 Å². The highest BCUT2D eigenvalue weighted by Gasteiger charge is 2.48. The van der Waals surface area contributed by atoms with Gasteiger partial charge in [-0.3, -0.25) is 0 Å². The predicted octanol–water partition coefficient (Wildman–Crippen LogP) is 3.43. The van der Waals surface area contributed by atoms with Gasteiger partial charge in [0.2, 0.25) is 0 Å². The SMILES string of the molecule is OC(c1ccccc1)C1(CNCc2ccc(F)cc2)CC1. The number of aliphatic hydroxyl groups is 1. The highest BCUT2D eigenvalue weighted by molar-refractivity contribution is 5.22. The van der Waals surface area contributed by atoms with E-state index < -0.39 is 6.10 Å². The van der Waals surface area contributed by atoms with Crippen molar-refractivity contribution in [1.29, 1.82) is 0 Å². The first-order valence-electron chi connectivity index (χ1n) is 7.38. The van der Waals surface area contributed by atoms with Crippen LogP contribution in [0.3, 0.4) is 0 Å². The smallest absolute Gasteiger partial charge is 0.123 e. The lowest BCUT2D eigenvalue weighted by Gasteiger charge is -2.23. The zero-order valence-electron chi connectivity index (χ0n) is 11.9. The largest absolute Gasteiger partial charge is 0.388 e. The van der Waals surface area contributed by atoms with Gasteiger partial charge >= 0.3 is 0 Å². The monoisotopic (exact) mass is 285 g/mol. The van der Waals surface area contributed by atoms with E-state index in [0.717, 1.165) is 30.5 Å². The fourth-order valence-corrected chi connectivity index (χ4v) is 2.75. The molecule has 0 amide bonds. The van der Waals surface area contributed by atoms with E-state index in [4.69, 9.17) is 0 Å². The molecule has 2 aromatic rings. The Kier molecular flexibility index (Phi) is 4.04. The van der Waals surface area contributed by atoms with Gasteiger partial charge in [-0.1, -0.05) is 42.5 Å². The van der Waals surface area contributed by atoms with Crippen molar-refractivity contribution in [1.82, 2.24) is 5.32 Å². The van der Waals surface area contributed by atoms with Gasteiger partial charge in [-0.25, -0.2) is 4.39 Å². The van der Waals surface area contributed by atoms with Crippen LogP contribution in [-0.4, -0.2) is 11.7 Å². The van der Waals surface area contributed by atoms with Crippen molar-refractivity contribution in [2.24, 2.45) is 5.41 Å². The second-order valence-corrected chi connectivity index (χ2v) is 5.91. The number of halogens is 1. The predicted molar refractivity (Wildman–Crippen MR) is 81.2 cm³/mol. The lowest BCUT2D eigenvalue weighted by molar-refractivity contribution is 0.0917. The number of benzene rings is 2. The standard InChI is InChI=1S/C18H20FNO/c19-16-8-6-14(7-9-16)12-20-13-18(10-11-18)17(21)15-4-2-1-3-5-15/h1-9,17,20-21H,10-13H2. The third-order valence-corrected chi connectivity index (χ3v) is 4.31. The molecule has 1 fully saturated rings. The van der Waals surface area contributed by atoms with Crippen LogP contribution in [0.25, 0.3) is 0 Å². The number of hydrogen-bond donors (Lipinski definition) is 2. The van der Waals surface area contributed by atoms with Crippen molar-refractivity contribution >= 4 is 0 Å². The first-order valence-corrected chi connectivity index (χ1v) is 7.38. The first-order chi connectivity index (χ1) is 10.2. The molecule has 0 bridgehead atoms. The topological polar surface area (TPSA) is 32.3 Å². The molecule has 1 atom stereocenters. The minimum absolute atomic E-state index is 0.0403. The molecule has 0 heterocycles. The minimum Gasteiger partial charge on any atom is -0.388 e. The number of nitrogens with one attached hydrogen (secondary N) is 1. The highest BCUT2D eigenvalue weighted by atomic mass is 19.1. The zero-order chi connectivity index (χ0) is 14.7. The molecular weight excluding hydrogens is 265 g/mol. The molecule has 2 N–H and O–H groups in total. The Balaban J connectivity index is 1.56. The molecule has 3 rings (SSSR count). The van der Waals surface area contributed by atoms with Crippen LogP contribution in [0.4, 0.5) is 4.39 Å². The quantitative estimate of drug-likeness (QED) is 0.852. The van der Waals surface area contributed by atoms with Crippen LogP contribution in [0.1, 0.15) is 30.1 Å². The molecule has 2 nitrogen and oxygen atoms in total. The molecule has 110 valence electrons. The molecule has 1 saturated carbocycles. The van der Waals surface area contributed by atoms with Gasteiger partial charge in [0.25, 0.3) is 0 Å². The molecule has 3 heteroatoms. The zero-order valence-corrected chi connectivity index (χ0v) is 11.9. The summed E-state index contributed by atoms with van der Waals surface area (Å²) in [5.41, 5.74) is 2.00. The van der Waals surface area contributed by atoms with Crippen LogP contribution in [0.2, 0.25) is 0 Å². The van der Waals surface area contributed by atoms with Gasteiger partial charge in [0.1, 0.15) is 5.82 Å². The van der Waals surface area contributed by atoms with E-state index in [-0.39, 0.29) is 11.2 Å². The molecule has 0 spiro atoms. The lowest BCUT2D eigenvalue weighted by atomic mass is 9.92. The summed E-state index contributed by atoms with van der Waals surface area (Å²) < 4.78 is 12.8. The van der Waals surface area contributed by atoms with Crippen molar-refractivity contribution in [2.45, 2.75) is 25.5 Å². The van der Waals surface area contributed by atoms with E-state index in [9.17, 15) is 9.50 Å². The molecule has 1 aliphatic carbocycles. The summed E-state index contributed by atoms with van der Waals surface area (Å²) in [6.45, 7) is 1.48. The maximum Gasteiger partial charge on any atom is 0.123 e. The van der Waals surface area contributed by atoms with Crippen molar-refractivity contribution in [3.63, 3.8) is 0 Å². The van der Waals surface area contributed by atoms with Crippen LogP contribution in [0.5, 0.6) is 0 Å². The van der Waals surface area contributed by atoms with Gasteiger partial charge < -0.3 is 10.4 Å². The summed E-state index contributed by atoms with van der Waals surface area (Å²) in [6.07, 6.45) is 1.67. The maximum atomic E-state index is 12.8. The average Bonchev–Trinajstić information content (AvgIpc) is 3.30. The lowest BCUT2D eigenvalue weighted by Crippen LogP contribution is -2.28. The summed E-state index contributed by atoms with van der Waals surface area (Å²) in [7, 11) is 0. The van der Waals surface area contributed by atoms with Crippen molar-refractivity contribution in [3.8, 4) is 0 Å². The highest BCUT2D eigenvalue weighted by Crippen LogP contribution is 2.54. The van der Waals surface area contributed by atoms with Crippen molar-refractivity contribution < 1.29 is 9.50 Å². The van der Waals surface area contributed by atoms with E-state index in [1.165, 1.54) is 12.1 Å². The second kappa shape index (κ2) is 5.96. The molecule has 0 saturated heterocycles. The third-order valence-electron chi connectivity index (χ3n) is 4.31. The molecule has 2 aromatic carbocycles. The summed E-state index contributed by atoms with van der Waals surface area (Å²) in [4.78, 5) is 0. The summed E-state index contributed by atoms with van der Waals surface area (Å²) in [5, 5.41) is 13.9. The Hall–Kier alpha value is -1.71. The number of hydrogen-bond acceptors (Lipinski definition) is 2. The molecule has 21 heavy (non-hydrogen) atoms. The van der Waals surface area contributed by atoms with Crippen LogP contribution in [-0.2, 0) is 6.54 Å². The minimum atomic E-state index is -0.417. The van der Waals surface area contributed by atoms with Gasteiger partial charge in [-0.2, -0.15) is 0 Å². The van der Waals surface area contributed by atoms with E-state index >= 15 is 0 Å². The molecule has 1 aliphatic rings. The Morgan fingerprint density at radius 3 is 2.33 bits per heavy atom. The van der Waals surface area contributed by atoms with E-state index in [1.54, 1.807) is 12.1 Å². The second-order valence-electron chi connectivity index (χ2n) is 5.91. The van der Waals surface area contributed by atoms with Gasteiger partial charge in [0.05, 0.1) is 6.10 Å². The molecule has 0 aromatic heterocycles. The Morgan fingerprint density at radius 1 is 1.05 bits per heavy atom. The Morgan fingerprint density at radius 2 is 1.71 bits per heavy atom. The number of rotatable bonds is 6. The van der Waals surface area contributed by atoms with E-state index in [1.807, 2.05) is 30.3 Å². The number of aliphatic hydroxyl groups excluding tert-OH is 1. The fraction of sp³-hybridized carbons (Fsp3) is 0.333. The van der Waals surface area contributed by atoms with Gasteiger partial charge in [-0.05, 0) is 36.1 Å². The van der Waals surface area contributed by atoms with Crippen LogP contribution in [0.15, 0.2) is 54.6 Å². The molecule has 0 radical (unpaired) electrons. The van der Waals surface area contributed by atoms with E-state index in [0.29, 0.717) is 6.54 Å². The first kappa shape index (κ1) is 14.2. The molecular formula is C18H20FNO. The maximum absolute atomic E-state index is 12.8. The molecule has 0 aliphatic heterocycles. The van der Waals surface area contributed by atoms with E-state index in [2.05, 4.69) is 5.32 Å². The van der Waals surface area contributed by atoms with Crippen LogP contribution >= 0.6 is 0 Å². The average molecular weight is 285 g/mol. The third kappa shape index (κ3) is 3.31. The molecule has 1 unspecified atom stereocenters. The van der Waals surface area contributed by atoms with Gasteiger partial charge in [-0.15, -0.1) is 0 Å². The van der Waals surface area contributed by atoms with Crippen LogP contribution < -0.4 is 5.32 Å².